The molecule has 0 saturated carbocycles. The van der Waals surface area contributed by atoms with Crippen LogP contribution in [-0.2, 0) is 0 Å². The highest BCUT2D eigenvalue weighted by molar-refractivity contribution is 6.33. The van der Waals surface area contributed by atoms with Crippen molar-refractivity contribution in [3.8, 4) is 11.8 Å². The zero-order valence-corrected chi connectivity index (χ0v) is 11.7. The molecule has 0 fully saturated rings. The molecule has 6 nitrogen and oxygen atoms in total. The maximum atomic E-state index is 11.1. The predicted molar refractivity (Wildman–Crippen MR) is 77.2 cm³/mol. The first kappa shape index (κ1) is 14.6. The molecule has 2 rings (SSSR count). The van der Waals surface area contributed by atoms with Crippen molar-refractivity contribution >= 4 is 29.1 Å². The number of carboxylic acids is 1. The van der Waals surface area contributed by atoms with Gasteiger partial charge in [-0.25, -0.2) is 9.78 Å². The number of ether oxygens (including phenoxy) is 1. The van der Waals surface area contributed by atoms with Crippen LogP contribution in [0.4, 0.5) is 11.5 Å². The van der Waals surface area contributed by atoms with Crippen LogP contribution in [0, 0.1) is 11.3 Å². The third-order valence-corrected chi connectivity index (χ3v) is 2.98. The second-order valence-electron chi connectivity index (χ2n) is 4.00. The molecule has 0 atom stereocenters. The summed E-state index contributed by atoms with van der Waals surface area (Å²) < 4.78 is 5.03. The van der Waals surface area contributed by atoms with Crippen molar-refractivity contribution in [2.75, 3.05) is 12.4 Å². The molecule has 106 valence electrons. The number of nitriles is 1. The van der Waals surface area contributed by atoms with Gasteiger partial charge in [-0.3, -0.25) is 0 Å². The number of carboxylic acid groups (broad SMARTS) is 1. The van der Waals surface area contributed by atoms with Crippen molar-refractivity contribution in [2.45, 2.75) is 0 Å². The number of pyridine rings is 1. The Hall–Kier alpha value is -2.78. The molecule has 21 heavy (non-hydrogen) atoms. The monoisotopic (exact) mass is 303 g/mol. The van der Waals surface area contributed by atoms with Gasteiger partial charge < -0.3 is 15.2 Å². The summed E-state index contributed by atoms with van der Waals surface area (Å²) in [5, 5.41) is 21.0. The number of benzene rings is 1. The van der Waals surface area contributed by atoms with E-state index in [-0.39, 0.29) is 16.3 Å². The number of hydrogen-bond acceptors (Lipinski definition) is 5. The highest BCUT2D eigenvalue weighted by Gasteiger charge is 2.15. The number of rotatable bonds is 4. The summed E-state index contributed by atoms with van der Waals surface area (Å²) >= 11 is 6.05. The van der Waals surface area contributed by atoms with Crippen LogP contribution in [0.15, 0.2) is 30.5 Å². The van der Waals surface area contributed by atoms with Crippen molar-refractivity contribution in [3.05, 3.63) is 46.6 Å². The standard InChI is InChI=1S/C14H10ClN3O3/c1-21-12-6-11(10(15)5-9(12)14(19)20)18-13-4-8(7-16)2-3-17-13/h2-6H,1H3,(H,17,18)(H,19,20). The molecule has 0 aliphatic rings. The van der Waals surface area contributed by atoms with E-state index in [0.29, 0.717) is 17.1 Å². The van der Waals surface area contributed by atoms with Gasteiger partial charge in [0.1, 0.15) is 17.1 Å². The first-order valence-corrected chi connectivity index (χ1v) is 6.17. The molecule has 0 bridgehead atoms. The Labute approximate surface area is 125 Å². The van der Waals surface area contributed by atoms with E-state index >= 15 is 0 Å². The number of aromatic nitrogens is 1. The van der Waals surface area contributed by atoms with Crippen LogP contribution < -0.4 is 10.1 Å². The number of nitrogens with zero attached hydrogens (tertiary/aromatic N) is 2. The fraction of sp³-hybridized carbons (Fsp3) is 0.0714. The summed E-state index contributed by atoms with van der Waals surface area (Å²) in [5.74, 6) is -0.545. The summed E-state index contributed by atoms with van der Waals surface area (Å²) in [6, 6.07) is 7.87. The van der Waals surface area contributed by atoms with E-state index in [1.165, 1.54) is 25.4 Å². The molecular weight excluding hydrogens is 294 g/mol. The average Bonchev–Trinajstić information content (AvgIpc) is 2.49. The molecule has 0 spiro atoms. The smallest absolute Gasteiger partial charge is 0.339 e. The minimum absolute atomic E-state index is 0.0354. The lowest BCUT2D eigenvalue weighted by atomic mass is 10.1. The van der Waals surface area contributed by atoms with Crippen molar-refractivity contribution < 1.29 is 14.6 Å². The quantitative estimate of drug-likeness (QED) is 0.901. The van der Waals surface area contributed by atoms with Crippen LogP contribution in [0.5, 0.6) is 5.75 Å². The van der Waals surface area contributed by atoms with E-state index in [9.17, 15) is 4.79 Å². The molecule has 7 heteroatoms. The van der Waals surface area contributed by atoms with Gasteiger partial charge in [0.15, 0.2) is 0 Å². The van der Waals surface area contributed by atoms with E-state index in [1.807, 2.05) is 6.07 Å². The fourth-order valence-corrected chi connectivity index (χ4v) is 1.90. The first-order chi connectivity index (χ1) is 10.0. The van der Waals surface area contributed by atoms with Crippen LogP contribution >= 0.6 is 11.6 Å². The van der Waals surface area contributed by atoms with Crippen molar-refractivity contribution in [1.82, 2.24) is 4.98 Å². The zero-order chi connectivity index (χ0) is 15.4. The Morgan fingerprint density at radius 2 is 2.24 bits per heavy atom. The largest absolute Gasteiger partial charge is 0.496 e. The third kappa shape index (κ3) is 3.22. The molecule has 1 aromatic carbocycles. The maximum Gasteiger partial charge on any atom is 0.339 e. The molecule has 0 radical (unpaired) electrons. The van der Waals surface area contributed by atoms with Gasteiger partial charge in [-0.1, -0.05) is 11.6 Å². The van der Waals surface area contributed by atoms with Crippen LogP contribution in [0.2, 0.25) is 5.02 Å². The van der Waals surface area contributed by atoms with Crippen LogP contribution in [0.3, 0.4) is 0 Å². The Morgan fingerprint density at radius 1 is 1.48 bits per heavy atom. The second-order valence-corrected chi connectivity index (χ2v) is 4.41. The normalized spacial score (nSPS) is 9.76. The third-order valence-electron chi connectivity index (χ3n) is 2.67. The van der Waals surface area contributed by atoms with E-state index in [1.54, 1.807) is 12.1 Å². The Morgan fingerprint density at radius 3 is 2.86 bits per heavy atom. The van der Waals surface area contributed by atoms with Crippen molar-refractivity contribution in [2.24, 2.45) is 0 Å². The van der Waals surface area contributed by atoms with Gasteiger partial charge in [-0.05, 0) is 18.2 Å². The number of hydrogen-bond donors (Lipinski definition) is 2. The second kappa shape index (κ2) is 6.11. The maximum absolute atomic E-state index is 11.1. The van der Waals surface area contributed by atoms with E-state index < -0.39 is 5.97 Å². The number of carbonyl (C=O) groups is 1. The molecule has 0 aliphatic heterocycles. The summed E-state index contributed by atoms with van der Waals surface area (Å²) in [5.41, 5.74) is 0.839. The summed E-state index contributed by atoms with van der Waals surface area (Å²) in [4.78, 5) is 15.1. The van der Waals surface area contributed by atoms with Gasteiger partial charge in [0.05, 0.1) is 29.5 Å². The number of anilines is 2. The van der Waals surface area contributed by atoms with Gasteiger partial charge in [0.25, 0.3) is 0 Å². The highest BCUT2D eigenvalue weighted by Crippen LogP contribution is 2.32. The van der Waals surface area contributed by atoms with E-state index in [0.717, 1.165) is 0 Å². The summed E-state index contributed by atoms with van der Waals surface area (Å²) in [7, 11) is 1.37. The minimum Gasteiger partial charge on any atom is -0.496 e. The Kier molecular flexibility index (Phi) is 4.26. The van der Waals surface area contributed by atoms with E-state index in [2.05, 4.69) is 10.3 Å². The van der Waals surface area contributed by atoms with Crippen molar-refractivity contribution in [1.29, 1.82) is 5.26 Å². The number of methoxy groups -OCH3 is 1. The summed E-state index contributed by atoms with van der Waals surface area (Å²) in [6.07, 6.45) is 1.48. The lowest BCUT2D eigenvalue weighted by Crippen LogP contribution is -2.02. The number of halogens is 1. The molecule has 0 unspecified atom stereocenters. The topological polar surface area (TPSA) is 95.2 Å². The zero-order valence-electron chi connectivity index (χ0n) is 10.9. The highest BCUT2D eigenvalue weighted by atomic mass is 35.5. The van der Waals surface area contributed by atoms with Gasteiger partial charge >= 0.3 is 5.97 Å². The summed E-state index contributed by atoms with van der Waals surface area (Å²) in [6.45, 7) is 0. The molecule has 0 saturated heterocycles. The SMILES string of the molecule is COc1cc(Nc2cc(C#N)ccn2)c(Cl)cc1C(=O)O. The Balaban J connectivity index is 2.40. The number of nitrogens with one attached hydrogen (secondary N) is 1. The van der Waals surface area contributed by atoms with E-state index in [4.69, 9.17) is 26.7 Å². The minimum atomic E-state index is -1.13. The predicted octanol–water partition coefficient (Wildman–Crippen LogP) is 3.06. The Bertz CT molecular complexity index is 741. The average molecular weight is 304 g/mol. The molecule has 2 N–H and O–H groups in total. The van der Waals surface area contributed by atoms with Crippen molar-refractivity contribution in [3.63, 3.8) is 0 Å². The lowest BCUT2D eigenvalue weighted by molar-refractivity contribution is 0.0693. The molecule has 2 aromatic rings. The molecular formula is C14H10ClN3O3. The number of aromatic carboxylic acids is 1. The van der Waals surface area contributed by atoms with Crippen LogP contribution in [0.25, 0.3) is 0 Å². The van der Waals surface area contributed by atoms with Gasteiger partial charge in [-0.2, -0.15) is 5.26 Å². The van der Waals surface area contributed by atoms with Gasteiger partial charge in [0, 0.05) is 12.3 Å². The fourth-order valence-electron chi connectivity index (χ4n) is 1.69. The first-order valence-electron chi connectivity index (χ1n) is 5.79. The molecule has 1 heterocycles. The molecule has 0 amide bonds. The molecule has 1 aromatic heterocycles. The van der Waals surface area contributed by atoms with Crippen LogP contribution in [-0.4, -0.2) is 23.2 Å². The van der Waals surface area contributed by atoms with Gasteiger partial charge in [-0.15, -0.1) is 0 Å². The molecule has 0 aliphatic carbocycles. The van der Waals surface area contributed by atoms with Crippen LogP contribution in [0.1, 0.15) is 15.9 Å². The lowest BCUT2D eigenvalue weighted by Gasteiger charge is -2.12. The van der Waals surface area contributed by atoms with Gasteiger partial charge in [0.2, 0.25) is 0 Å².